The van der Waals surface area contributed by atoms with Gasteiger partial charge >= 0.3 is 0 Å². The number of hydrogen-bond donors (Lipinski definition) is 2. The highest BCUT2D eigenvalue weighted by Crippen LogP contribution is 2.22. The lowest BCUT2D eigenvalue weighted by atomic mass is 9.96. The van der Waals surface area contributed by atoms with Gasteiger partial charge in [-0.15, -0.1) is 12.4 Å². The molecule has 2 aromatic rings. The summed E-state index contributed by atoms with van der Waals surface area (Å²) in [5.74, 6) is 0.399. The molecular formula is C19H24ClN3O3. The second kappa shape index (κ2) is 8.87. The van der Waals surface area contributed by atoms with Gasteiger partial charge < -0.3 is 20.4 Å². The lowest BCUT2D eigenvalue weighted by Gasteiger charge is -2.31. The van der Waals surface area contributed by atoms with Gasteiger partial charge in [0.1, 0.15) is 0 Å². The molecule has 2 amide bonds. The maximum Gasteiger partial charge on any atom is 0.291 e. The van der Waals surface area contributed by atoms with E-state index in [2.05, 4.69) is 5.32 Å². The minimum absolute atomic E-state index is 0. The van der Waals surface area contributed by atoms with E-state index in [1.165, 1.54) is 6.26 Å². The minimum atomic E-state index is -0.332. The summed E-state index contributed by atoms with van der Waals surface area (Å²) in [6, 6.07) is 8.63. The smallest absolute Gasteiger partial charge is 0.291 e. The van der Waals surface area contributed by atoms with Crippen LogP contribution in [0.25, 0.3) is 0 Å². The molecule has 6 nitrogen and oxygen atoms in total. The van der Waals surface area contributed by atoms with Gasteiger partial charge in [0.15, 0.2) is 5.76 Å². The quantitative estimate of drug-likeness (QED) is 0.856. The molecule has 26 heavy (non-hydrogen) atoms. The van der Waals surface area contributed by atoms with Crippen molar-refractivity contribution in [2.75, 3.05) is 25.0 Å². The molecule has 1 saturated heterocycles. The third kappa shape index (κ3) is 4.45. The molecule has 1 aromatic carbocycles. The number of rotatable bonds is 4. The first kappa shape index (κ1) is 20.0. The third-order valence-corrected chi connectivity index (χ3v) is 4.71. The Hall–Kier alpha value is -2.31. The lowest BCUT2D eigenvalue weighted by Crippen LogP contribution is -2.40. The molecule has 1 aromatic heterocycles. The highest BCUT2D eigenvalue weighted by Gasteiger charge is 2.23. The van der Waals surface area contributed by atoms with Crippen molar-refractivity contribution >= 4 is 29.9 Å². The van der Waals surface area contributed by atoms with Crippen LogP contribution < -0.4 is 11.1 Å². The van der Waals surface area contributed by atoms with Crippen LogP contribution in [-0.4, -0.2) is 36.3 Å². The van der Waals surface area contributed by atoms with Crippen molar-refractivity contribution in [2.24, 2.45) is 11.7 Å². The van der Waals surface area contributed by atoms with Crippen LogP contribution in [-0.2, 0) is 0 Å². The fourth-order valence-corrected chi connectivity index (χ4v) is 3.04. The van der Waals surface area contributed by atoms with Crippen molar-refractivity contribution in [2.45, 2.75) is 19.8 Å². The monoisotopic (exact) mass is 377 g/mol. The van der Waals surface area contributed by atoms with Crippen molar-refractivity contribution in [3.63, 3.8) is 0 Å². The SMILES string of the molecule is Cc1ccc(C(=O)N2CCC(CN)CC2)cc1NC(=O)c1ccco1.Cl. The Kier molecular flexibility index (Phi) is 6.83. The standard InChI is InChI=1S/C19H23N3O3.ClH/c1-13-4-5-15(19(24)22-8-6-14(12-20)7-9-22)11-16(13)21-18(23)17-3-2-10-25-17;/h2-5,10-11,14H,6-9,12,20H2,1H3,(H,21,23);1H. The summed E-state index contributed by atoms with van der Waals surface area (Å²) < 4.78 is 5.10. The number of furan rings is 1. The molecule has 3 rings (SSSR count). The number of anilines is 1. The molecule has 140 valence electrons. The van der Waals surface area contributed by atoms with Crippen LogP contribution in [0.4, 0.5) is 5.69 Å². The topological polar surface area (TPSA) is 88.6 Å². The fraction of sp³-hybridized carbons (Fsp3) is 0.368. The van der Waals surface area contributed by atoms with Gasteiger partial charge in [-0.3, -0.25) is 9.59 Å². The number of carbonyl (C=O) groups is 2. The first-order valence-electron chi connectivity index (χ1n) is 8.53. The van der Waals surface area contributed by atoms with E-state index in [9.17, 15) is 9.59 Å². The zero-order chi connectivity index (χ0) is 17.8. The Bertz CT molecular complexity index is 753. The highest BCUT2D eigenvalue weighted by molar-refractivity contribution is 6.03. The number of nitrogens with zero attached hydrogens (tertiary/aromatic N) is 1. The number of carbonyl (C=O) groups excluding carboxylic acids is 2. The molecule has 0 spiro atoms. The maximum absolute atomic E-state index is 12.7. The number of benzene rings is 1. The largest absolute Gasteiger partial charge is 0.459 e. The van der Waals surface area contributed by atoms with E-state index in [1.54, 1.807) is 24.3 Å². The molecular weight excluding hydrogens is 354 g/mol. The van der Waals surface area contributed by atoms with Gasteiger partial charge in [0.05, 0.1) is 6.26 Å². The first-order valence-corrected chi connectivity index (χ1v) is 8.53. The second-order valence-corrected chi connectivity index (χ2v) is 6.43. The highest BCUT2D eigenvalue weighted by atomic mass is 35.5. The fourth-order valence-electron chi connectivity index (χ4n) is 3.04. The minimum Gasteiger partial charge on any atom is -0.459 e. The average Bonchev–Trinajstić information content (AvgIpc) is 3.18. The van der Waals surface area contributed by atoms with Gasteiger partial charge in [0.25, 0.3) is 11.8 Å². The van der Waals surface area contributed by atoms with Gasteiger partial charge in [-0.1, -0.05) is 6.07 Å². The van der Waals surface area contributed by atoms with Crippen LogP contribution in [0.5, 0.6) is 0 Å². The first-order chi connectivity index (χ1) is 12.1. The van der Waals surface area contributed by atoms with E-state index < -0.39 is 0 Å². The number of hydrogen-bond acceptors (Lipinski definition) is 4. The van der Waals surface area contributed by atoms with Crippen LogP contribution in [0.1, 0.15) is 39.3 Å². The van der Waals surface area contributed by atoms with E-state index in [0.717, 1.165) is 31.5 Å². The van der Waals surface area contributed by atoms with Gasteiger partial charge in [-0.2, -0.15) is 0 Å². The predicted molar refractivity (Wildman–Crippen MR) is 103 cm³/mol. The molecule has 1 aliphatic heterocycles. The number of nitrogens with one attached hydrogen (secondary N) is 1. The molecule has 0 radical (unpaired) electrons. The number of halogens is 1. The molecule has 7 heteroatoms. The van der Waals surface area contributed by atoms with E-state index in [-0.39, 0.29) is 30.0 Å². The van der Waals surface area contributed by atoms with Crippen molar-refractivity contribution in [1.82, 2.24) is 4.90 Å². The third-order valence-electron chi connectivity index (χ3n) is 4.71. The maximum atomic E-state index is 12.7. The van der Waals surface area contributed by atoms with Crippen LogP contribution >= 0.6 is 12.4 Å². The molecule has 3 N–H and O–H groups in total. The molecule has 0 unspecified atom stereocenters. The van der Waals surface area contributed by atoms with Crippen molar-refractivity contribution in [1.29, 1.82) is 0 Å². The molecule has 2 heterocycles. The molecule has 0 bridgehead atoms. The van der Waals surface area contributed by atoms with Gasteiger partial charge in [-0.25, -0.2) is 0 Å². The molecule has 1 fully saturated rings. The summed E-state index contributed by atoms with van der Waals surface area (Å²) in [5, 5.41) is 2.81. The van der Waals surface area contributed by atoms with Crippen molar-refractivity contribution < 1.29 is 14.0 Å². The Balaban J connectivity index is 0.00000243. The number of piperidine rings is 1. The molecule has 0 aliphatic carbocycles. The Morgan fingerprint density at radius 1 is 1.27 bits per heavy atom. The summed E-state index contributed by atoms with van der Waals surface area (Å²) in [7, 11) is 0. The summed E-state index contributed by atoms with van der Waals surface area (Å²) >= 11 is 0. The number of amides is 2. The second-order valence-electron chi connectivity index (χ2n) is 6.43. The van der Waals surface area contributed by atoms with E-state index in [1.807, 2.05) is 17.9 Å². The lowest BCUT2D eigenvalue weighted by molar-refractivity contribution is 0.0693. The Morgan fingerprint density at radius 3 is 2.62 bits per heavy atom. The van der Waals surface area contributed by atoms with Crippen LogP contribution in [0.3, 0.4) is 0 Å². The zero-order valence-electron chi connectivity index (χ0n) is 14.7. The summed E-state index contributed by atoms with van der Waals surface area (Å²) in [6.07, 6.45) is 3.33. The summed E-state index contributed by atoms with van der Waals surface area (Å²) in [4.78, 5) is 26.8. The number of likely N-dealkylation sites (tertiary alicyclic amines) is 1. The summed E-state index contributed by atoms with van der Waals surface area (Å²) in [6.45, 7) is 4.01. The Morgan fingerprint density at radius 2 is 2.00 bits per heavy atom. The zero-order valence-corrected chi connectivity index (χ0v) is 15.6. The Labute approximate surface area is 159 Å². The van der Waals surface area contributed by atoms with Crippen LogP contribution in [0, 0.1) is 12.8 Å². The van der Waals surface area contributed by atoms with Crippen LogP contribution in [0.15, 0.2) is 41.0 Å². The number of nitrogens with two attached hydrogens (primary N) is 1. The van der Waals surface area contributed by atoms with E-state index >= 15 is 0 Å². The number of aryl methyl sites for hydroxylation is 1. The van der Waals surface area contributed by atoms with Gasteiger partial charge in [-0.05, 0) is 62.1 Å². The van der Waals surface area contributed by atoms with Crippen LogP contribution in [0.2, 0.25) is 0 Å². The van der Waals surface area contributed by atoms with Crippen molar-refractivity contribution in [3.8, 4) is 0 Å². The predicted octanol–water partition coefficient (Wildman–Crippen LogP) is 3.07. The average molecular weight is 378 g/mol. The van der Waals surface area contributed by atoms with E-state index in [0.29, 0.717) is 23.7 Å². The normalized spacial score (nSPS) is 14.6. The summed E-state index contributed by atoms with van der Waals surface area (Å²) in [5.41, 5.74) is 7.79. The van der Waals surface area contributed by atoms with Gasteiger partial charge in [0.2, 0.25) is 0 Å². The molecule has 0 atom stereocenters. The van der Waals surface area contributed by atoms with Gasteiger partial charge in [0, 0.05) is 24.3 Å². The molecule has 1 aliphatic rings. The van der Waals surface area contributed by atoms with Crippen molar-refractivity contribution in [3.05, 3.63) is 53.5 Å². The molecule has 0 saturated carbocycles. The van der Waals surface area contributed by atoms with E-state index in [4.69, 9.17) is 10.2 Å².